The molecule has 2 aromatic heterocycles. The van der Waals surface area contributed by atoms with Crippen LogP contribution in [0, 0.1) is 13.8 Å². The van der Waals surface area contributed by atoms with E-state index in [4.69, 9.17) is 19.4 Å². The minimum atomic E-state index is 0.396. The van der Waals surface area contributed by atoms with Gasteiger partial charge >= 0.3 is 0 Å². The van der Waals surface area contributed by atoms with Gasteiger partial charge in [-0.3, -0.25) is 9.67 Å². The number of rotatable bonds is 9. The van der Waals surface area contributed by atoms with Crippen molar-refractivity contribution >= 4 is 22.4 Å². The zero-order valence-corrected chi connectivity index (χ0v) is 21.6. The molecule has 0 atom stereocenters. The highest BCUT2D eigenvalue weighted by Gasteiger charge is 2.16. The van der Waals surface area contributed by atoms with Gasteiger partial charge in [0.05, 0.1) is 42.8 Å². The molecule has 0 unspecified atom stereocenters. The van der Waals surface area contributed by atoms with E-state index in [1.807, 2.05) is 49.1 Å². The van der Waals surface area contributed by atoms with E-state index in [-0.39, 0.29) is 0 Å². The second-order valence-electron chi connectivity index (χ2n) is 8.93. The van der Waals surface area contributed by atoms with Crippen molar-refractivity contribution in [3.63, 3.8) is 0 Å². The van der Waals surface area contributed by atoms with Gasteiger partial charge in [0, 0.05) is 67.0 Å². The predicted molar refractivity (Wildman–Crippen MR) is 141 cm³/mol. The van der Waals surface area contributed by atoms with Crippen LogP contribution < -0.4 is 19.7 Å². The highest BCUT2D eigenvalue weighted by atomic mass is 16.5. The van der Waals surface area contributed by atoms with E-state index in [1.165, 1.54) is 0 Å². The van der Waals surface area contributed by atoms with Gasteiger partial charge in [-0.1, -0.05) is 13.8 Å². The van der Waals surface area contributed by atoms with Crippen LogP contribution in [0.15, 0.2) is 42.6 Å². The number of aromatic nitrogens is 4. The lowest BCUT2D eigenvalue weighted by Crippen LogP contribution is -2.32. The van der Waals surface area contributed by atoms with Crippen LogP contribution in [0.2, 0.25) is 0 Å². The molecular formula is C27H34N6O2. The van der Waals surface area contributed by atoms with Gasteiger partial charge in [-0.15, -0.1) is 0 Å². The van der Waals surface area contributed by atoms with Crippen LogP contribution in [-0.2, 0) is 7.05 Å². The van der Waals surface area contributed by atoms with Crippen molar-refractivity contribution in [1.82, 2.24) is 25.1 Å². The summed E-state index contributed by atoms with van der Waals surface area (Å²) in [6, 6.07) is 12.5. The Bertz CT molecular complexity index is 1310. The Labute approximate surface area is 206 Å². The zero-order chi connectivity index (χ0) is 25.1. The fourth-order valence-electron chi connectivity index (χ4n) is 4.25. The Balaban J connectivity index is 1.79. The molecule has 0 aliphatic carbocycles. The summed E-state index contributed by atoms with van der Waals surface area (Å²) in [5.41, 5.74) is 7.55. The SMILES string of the molecule is COc1cc(OC)cc(N(CCNC(C)C)c2ccc3ncc(-c4c(C)nn(C)c4C)nc3c2)c1. The smallest absolute Gasteiger partial charge is 0.124 e. The highest BCUT2D eigenvalue weighted by molar-refractivity contribution is 5.83. The van der Waals surface area contributed by atoms with Gasteiger partial charge in [0.15, 0.2) is 0 Å². The molecule has 35 heavy (non-hydrogen) atoms. The molecule has 4 aromatic rings. The summed E-state index contributed by atoms with van der Waals surface area (Å²) in [7, 11) is 5.28. The lowest BCUT2D eigenvalue weighted by Gasteiger charge is -2.27. The highest BCUT2D eigenvalue weighted by Crippen LogP contribution is 2.34. The Hall–Kier alpha value is -3.65. The average molecular weight is 475 g/mol. The minimum absolute atomic E-state index is 0.396. The van der Waals surface area contributed by atoms with Crippen LogP contribution >= 0.6 is 0 Å². The fourth-order valence-corrected chi connectivity index (χ4v) is 4.25. The molecule has 0 radical (unpaired) electrons. The zero-order valence-electron chi connectivity index (χ0n) is 21.6. The number of nitrogens with one attached hydrogen (secondary N) is 1. The van der Waals surface area contributed by atoms with Crippen molar-refractivity contribution < 1.29 is 9.47 Å². The standard InChI is InChI=1S/C27H34N6O2/c1-17(2)28-10-11-33(21-12-22(34-6)15-23(13-21)35-7)20-8-9-24-25(14-20)30-26(16-29-24)27-18(3)31-32(5)19(27)4/h8-9,12-17,28H,10-11H2,1-7H3. The fraction of sp³-hybridized carbons (Fsp3) is 0.370. The van der Waals surface area contributed by atoms with Crippen LogP contribution in [0.5, 0.6) is 11.5 Å². The topological polar surface area (TPSA) is 77.3 Å². The quantitative estimate of drug-likeness (QED) is 0.373. The molecule has 8 heteroatoms. The summed E-state index contributed by atoms with van der Waals surface area (Å²) in [6.07, 6.45) is 1.83. The molecule has 2 heterocycles. The van der Waals surface area contributed by atoms with Crippen LogP contribution in [0.1, 0.15) is 25.2 Å². The van der Waals surface area contributed by atoms with Gasteiger partial charge in [-0.05, 0) is 32.0 Å². The predicted octanol–water partition coefficient (Wildman–Crippen LogP) is 4.80. The van der Waals surface area contributed by atoms with Crippen molar-refractivity contribution in [2.24, 2.45) is 7.05 Å². The van der Waals surface area contributed by atoms with Crippen LogP contribution in [-0.4, -0.2) is 53.1 Å². The van der Waals surface area contributed by atoms with Crippen LogP contribution in [0.3, 0.4) is 0 Å². The van der Waals surface area contributed by atoms with E-state index in [1.54, 1.807) is 14.2 Å². The molecule has 2 aromatic carbocycles. The Morgan fingerprint density at radius 1 is 0.971 bits per heavy atom. The number of ether oxygens (including phenoxy) is 2. The molecule has 0 saturated heterocycles. The Kier molecular flexibility index (Phi) is 7.21. The number of aryl methyl sites for hydroxylation is 2. The molecule has 0 fully saturated rings. The number of hydrogen-bond acceptors (Lipinski definition) is 7. The first-order valence-corrected chi connectivity index (χ1v) is 11.8. The lowest BCUT2D eigenvalue weighted by atomic mass is 10.1. The first kappa shape index (κ1) is 24.5. The molecule has 0 spiro atoms. The molecule has 0 saturated carbocycles. The molecule has 1 N–H and O–H groups in total. The summed E-state index contributed by atoms with van der Waals surface area (Å²) in [5, 5.41) is 8.06. The van der Waals surface area contributed by atoms with Crippen LogP contribution in [0.25, 0.3) is 22.3 Å². The van der Waals surface area contributed by atoms with Gasteiger partial charge in [-0.25, -0.2) is 4.98 Å². The van der Waals surface area contributed by atoms with Gasteiger partial charge in [0.25, 0.3) is 0 Å². The van der Waals surface area contributed by atoms with Crippen LogP contribution in [0.4, 0.5) is 11.4 Å². The van der Waals surface area contributed by atoms with Gasteiger partial charge in [0.1, 0.15) is 11.5 Å². The number of methoxy groups -OCH3 is 2. The van der Waals surface area contributed by atoms with Crippen molar-refractivity contribution in [3.05, 3.63) is 54.0 Å². The molecular weight excluding hydrogens is 440 g/mol. The van der Waals surface area contributed by atoms with Crippen molar-refractivity contribution in [2.75, 3.05) is 32.2 Å². The van der Waals surface area contributed by atoms with Crippen molar-refractivity contribution in [1.29, 1.82) is 0 Å². The summed E-state index contributed by atoms with van der Waals surface area (Å²) in [5.74, 6) is 1.48. The molecule has 8 nitrogen and oxygen atoms in total. The maximum atomic E-state index is 5.53. The molecule has 0 bridgehead atoms. The largest absolute Gasteiger partial charge is 0.497 e. The minimum Gasteiger partial charge on any atom is -0.497 e. The third-order valence-electron chi connectivity index (χ3n) is 6.14. The van der Waals surface area contributed by atoms with Gasteiger partial charge < -0.3 is 19.7 Å². The van der Waals surface area contributed by atoms with Gasteiger partial charge in [-0.2, -0.15) is 5.10 Å². The third-order valence-corrected chi connectivity index (χ3v) is 6.14. The lowest BCUT2D eigenvalue weighted by molar-refractivity contribution is 0.394. The van der Waals surface area contributed by atoms with E-state index < -0.39 is 0 Å². The summed E-state index contributed by atoms with van der Waals surface area (Å²) in [4.78, 5) is 11.9. The van der Waals surface area contributed by atoms with E-state index in [2.05, 4.69) is 48.2 Å². The summed E-state index contributed by atoms with van der Waals surface area (Å²) >= 11 is 0. The van der Waals surface area contributed by atoms with Crippen molar-refractivity contribution in [2.45, 2.75) is 33.7 Å². The second kappa shape index (κ2) is 10.3. The molecule has 0 amide bonds. The van der Waals surface area contributed by atoms with E-state index in [0.29, 0.717) is 6.04 Å². The Morgan fingerprint density at radius 3 is 2.29 bits per heavy atom. The first-order chi connectivity index (χ1) is 16.8. The molecule has 0 aliphatic rings. The normalized spacial score (nSPS) is 11.3. The molecule has 4 rings (SSSR count). The number of hydrogen-bond donors (Lipinski definition) is 1. The number of anilines is 2. The number of nitrogens with zero attached hydrogens (tertiary/aromatic N) is 5. The maximum Gasteiger partial charge on any atom is 0.124 e. The first-order valence-electron chi connectivity index (χ1n) is 11.8. The van der Waals surface area contributed by atoms with E-state index >= 15 is 0 Å². The number of fused-ring (bicyclic) bond motifs is 1. The number of benzene rings is 2. The maximum absolute atomic E-state index is 5.53. The second-order valence-corrected chi connectivity index (χ2v) is 8.93. The average Bonchev–Trinajstić information content (AvgIpc) is 3.11. The molecule has 0 aliphatic heterocycles. The van der Waals surface area contributed by atoms with E-state index in [0.717, 1.165) is 69.6 Å². The van der Waals surface area contributed by atoms with E-state index in [9.17, 15) is 0 Å². The Morgan fingerprint density at radius 2 is 1.69 bits per heavy atom. The van der Waals surface area contributed by atoms with Gasteiger partial charge in [0.2, 0.25) is 0 Å². The summed E-state index contributed by atoms with van der Waals surface area (Å²) < 4.78 is 12.9. The summed E-state index contributed by atoms with van der Waals surface area (Å²) in [6.45, 7) is 9.92. The monoisotopic (exact) mass is 474 g/mol. The molecule has 184 valence electrons. The third kappa shape index (κ3) is 5.22. The van der Waals surface area contributed by atoms with Crippen molar-refractivity contribution in [3.8, 4) is 22.8 Å².